The van der Waals surface area contributed by atoms with E-state index >= 15 is 0 Å². The molecule has 16 heteroatoms. The van der Waals surface area contributed by atoms with Crippen LogP contribution in [0.5, 0.6) is 0 Å². The monoisotopic (exact) mass is 748 g/mol. The van der Waals surface area contributed by atoms with E-state index in [9.17, 15) is 34.2 Å². The van der Waals surface area contributed by atoms with Gasteiger partial charge in [0.25, 0.3) is 0 Å². The number of amides is 3. The Morgan fingerprint density at radius 2 is 1.08 bits per heavy atom. The molecule has 7 N–H and O–H groups in total. The predicted octanol–water partition coefficient (Wildman–Crippen LogP) is 3.45. The van der Waals surface area contributed by atoms with Crippen LogP contribution in [-0.2, 0) is 46.5 Å². The number of benzene rings is 2. The number of methoxy groups -OCH3 is 2. The number of ether oxygens (including phenoxy) is 5. The molecule has 0 aliphatic rings. The van der Waals surface area contributed by atoms with Crippen molar-refractivity contribution in [2.45, 2.75) is 102 Å². The number of carbonyl (C=O) groups excluding carboxylic acids is 5. The second-order valence-electron chi connectivity index (χ2n) is 12.8. The van der Waals surface area contributed by atoms with Crippen LogP contribution in [0.4, 0.5) is 14.4 Å². The fourth-order valence-electron chi connectivity index (χ4n) is 4.52. The number of hydrogen-bond acceptors (Lipinski definition) is 13. The molecule has 0 bridgehead atoms. The summed E-state index contributed by atoms with van der Waals surface area (Å²) >= 11 is 0. The van der Waals surface area contributed by atoms with E-state index in [1.165, 1.54) is 7.11 Å². The van der Waals surface area contributed by atoms with Crippen LogP contribution < -0.4 is 21.7 Å². The Morgan fingerprint density at radius 1 is 0.660 bits per heavy atom. The lowest BCUT2D eigenvalue weighted by Gasteiger charge is -2.22. The van der Waals surface area contributed by atoms with E-state index in [-0.39, 0.29) is 19.6 Å². The minimum Gasteiger partial charge on any atom is -0.467 e. The van der Waals surface area contributed by atoms with Crippen LogP contribution in [0.3, 0.4) is 0 Å². The van der Waals surface area contributed by atoms with Crippen LogP contribution in [0.15, 0.2) is 60.7 Å². The Morgan fingerprint density at radius 3 is 1.45 bits per heavy atom. The quantitative estimate of drug-likeness (QED) is 0.0687. The fraction of sp³-hybridized carbons (Fsp3) is 0.541. The van der Waals surface area contributed by atoms with Crippen molar-refractivity contribution < 1.29 is 57.9 Å². The molecule has 0 aliphatic heterocycles. The highest BCUT2D eigenvalue weighted by Gasteiger charge is 2.29. The van der Waals surface area contributed by atoms with Gasteiger partial charge in [-0.3, -0.25) is 0 Å². The molecule has 0 aliphatic carbocycles. The summed E-state index contributed by atoms with van der Waals surface area (Å²) in [5.41, 5.74) is 6.50. The Bertz CT molecular complexity index is 1360. The Kier molecular flexibility index (Phi) is 22.6. The molecule has 3 amide bonds. The van der Waals surface area contributed by atoms with Gasteiger partial charge in [0.2, 0.25) is 0 Å². The van der Waals surface area contributed by atoms with Gasteiger partial charge >= 0.3 is 30.2 Å². The Labute approximate surface area is 311 Å². The third kappa shape index (κ3) is 21.3. The highest BCUT2D eigenvalue weighted by molar-refractivity contribution is 5.77. The highest BCUT2D eigenvalue weighted by atomic mass is 16.6. The molecule has 2 rings (SSSR count). The molecule has 296 valence electrons. The van der Waals surface area contributed by atoms with Crippen LogP contribution >= 0.6 is 0 Å². The maximum absolute atomic E-state index is 12.1. The summed E-state index contributed by atoms with van der Waals surface area (Å²) < 4.78 is 24.4. The van der Waals surface area contributed by atoms with Gasteiger partial charge in [-0.15, -0.1) is 0 Å². The van der Waals surface area contributed by atoms with E-state index in [2.05, 4.69) is 25.4 Å². The molecule has 0 aromatic heterocycles. The van der Waals surface area contributed by atoms with E-state index in [1.807, 2.05) is 60.7 Å². The van der Waals surface area contributed by atoms with Gasteiger partial charge in [0.15, 0.2) is 12.2 Å². The number of nitrogens with two attached hydrogens (primary N) is 1. The summed E-state index contributed by atoms with van der Waals surface area (Å²) in [6.45, 7) is 6.34. The number of esters is 2. The zero-order valence-corrected chi connectivity index (χ0v) is 31.2. The molecular formula is C37H56N4O12. The highest BCUT2D eigenvalue weighted by Crippen LogP contribution is 2.11. The largest absolute Gasteiger partial charge is 0.467 e. The van der Waals surface area contributed by atoms with Gasteiger partial charge in [0, 0.05) is 6.54 Å². The molecule has 53 heavy (non-hydrogen) atoms. The first-order valence-electron chi connectivity index (χ1n) is 17.3. The summed E-state index contributed by atoms with van der Waals surface area (Å²) in [5.74, 6) is -1.65. The molecule has 0 saturated carbocycles. The SMILES string of the molecule is COC(=O)C(O)[C@H](CCCCN)NC(=O)OCc1ccccc1.COC(=O)C(O)[C@H](CCCCNC(=O)OC(C)(C)C)NC(=O)OCc1ccccc1. The first kappa shape index (κ1) is 46.1. The van der Waals surface area contributed by atoms with Crippen LogP contribution in [0.25, 0.3) is 0 Å². The summed E-state index contributed by atoms with van der Waals surface area (Å²) in [5, 5.41) is 27.7. The van der Waals surface area contributed by atoms with E-state index in [0.29, 0.717) is 38.8 Å². The molecule has 0 fully saturated rings. The molecule has 2 unspecified atom stereocenters. The zero-order valence-electron chi connectivity index (χ0n) is 31.2. The molecule has 16 nitrogen and oxygen atoms in total. The Balaban J connectivity index is 0.000000549. The predicted molar refractivity (Wildman–Crippen MR) is 194 cm³/mol. The minimum atomic E-state index is -1.53. The molecule has 0 heterocycles. The zero-order chi connectivity index (χ0) is 39.6. The van der Waals surface area contributed by atoms with Gasteiger partial charge in [-0.2, -0.15) is 0 Å². The normalized spacial score (nSPS) is 13.0. The average Bonchev–Trinajstić information content (AvgIpc) is 3.14. The molecule has 2 aromatic carbocycles. The second-order valence-corrected chi connectivity index (χ2v) is 12.8. The topological polar surface area (TPSA) is 234 Å². The summed E-state index contributed by atoms with van der Waals surface area (Å²) in [6.07, 6.45) is -1.79. The Hall–Kier alpha value is -4.93. The van der Waals surface area contributed by atoms with Crippen LogP contribution in [0.1, 0.15) is 70.4 Å². The van der Waals surface area contributed by atoms with E-state index in [4.69, 9.17) is 19.9 Å². The number of aliphatic hydroxyl groups is 2. The molecule has 0 saturated heterocycles. The van der Waals surface area contributed by atoms with Gasteiger partial charge in [0.1, 0.15) is 18.8 Å². The maximum Gasteiger partial charge on any atom is 0.407 e. The molecular weight excluding hydrogens is 692 g/mol. The van der Waals surface area contributed by atoms with Crippen molar-refractivity contribution in [3.63, 3.8) is 0 Å². The molecule has 0 spiro atoms. The lowest BCUT2D eigenvalue weighted by atomic mass is 10.0. The average molecular weight is 749 g/mol. The van der Waals surface area contributed by atoms with Crippen molar-refractivity contribution in [2.24, 2.45) is 5.73 Å². The van der Waals surface area contributed by atoms with Gasteiger partial charge in [-0.25, -0.2) is 24.0 Å². The smallest absolute Gasteiger partial charge is 0.407 e. The van der Waals surface area contributed by atoms with Crippen molar-refractivity contribution in [1.82, 2.24) is 16.0 Å². The maximum atomic E-state index is 12.1. The number of hydrogen-bond donors (Lipinski definition) is 6. The van der Waals surface area contributed by atoms with Crippen molar-refractivity contribution in [2.75, 3.05) is 27.3 Å². The third-order valence-corrected chi connectivity index (χ3v) is 7.26. The number of nitrogens with one attached hydrogen (secondary N) is 3. The summed E-state index contributed by atoms with van der Waals surface area (Å²) in [6, 6.07) is 16.7. The molecule has 4 atom stereocenters. The lowest BCUT2D eigenvalue weighted by molar-refractivity contribution is -0.152. The second kappa shape index (κ2) is 25.9. The molecule has 0 radical (unpaired) electrons. The van der Waals surface area contributed by atoms with E-state index < -0.39 is 60.1 Å². The van der Waals surface area contributed by atoms with Crippen molar-refractivity contribution in [3.05, 3.63) is 71.8 Å². The van der Waals surface area contributed by atoms with Crippen LogP contribution in [0, 0.1) is 0 Å². The van der Waals surface area contributed by atoms with E-state index in [0.717, 1.165) is 24.7 Å². The summed E-state index contributed by atoms with van der Waals surface area (Å²) in [4.78, 5) is 58.7. The number of rotatable bonds is 19. The van der Waals surface area contributed by atoms with Gasteiger partial charge < -0.3 is 55.6 Å². The van der Waals surface area contributed by atoms with Gasteiger partial charge in [-0.05, 0) is 70.5 Å². The lowest BCUT2D eigenvalue weighted by Crippen LogP contribution is -2.47. The minimum absolute atomic E-state index is 0.0630. The van der Waals surface area contributed by atoms with Crippen LogP contribution in [0.2, 0.25) is 0 Å². The van der Waals surface area contributed by atoms with Gasteiger partial charge in [0.05, 0.1) is 26.3 Å². The van der Waals surface area contributed by atoms with Crippen molar-refractivity contribution in [1.29, 1.82) is 0 Å². The molecule has 2 aromatic rings. The van der Waals surface area contributed by atoms with Gasteiger partial charge in [-0.1, -0.05) is 67.1 Å². The fourth-order valence-corrected chi connectivity index (χ4v) is 4.52. The number of carbonyl (C=O) groups is 5. The van der Waals surface area contributed by atoms with Crippen molar-refractivity contribution >= 4 is 30.2 Å². The first-order chi connectivity index (χ1) is 25.2. The van der Waals surface area contributed by atoms with Crippen LogP contribution in [-0.4, -0.2) is 97.6 Å². The standard InChI is InChI=1S/C21H32N2O7.C16H24N2O5/c1-21(2,3)30-19(26)22-13-9-8-12-16(17(24)18(25)28-4)23-20(27)29-14-15-10-6-5-7-11-15;1-22-15(20)14(19)13(9-5-6-10-17)18-16(21)23-11-12-7-3-2-4-8-12/h5-7,10-11,16-17,24H,8-9,12-14H2,1-4H3,(H,22,26)(H,23,27);2-4,7-8,13-14,19H,5-6,9-11,17H2,1H3,(H,18,21)/t16-,17?;13-,14?/m00/s1. The number of aliphatic hydroxyl groups excluding tert-OH is 2. The summed E-state index contributed by atoms with van der Waals surface area (Å²) in [7, 11) is 2.33. The number of alkyl carbamates (subject to hydrolysis) is 3. The van der Waals surface area contributed by atoms with Crippen molar-refractivity contribution in [3.8, 4) is 0 Å². The number of unbranched alkanes of at least 4 members (excludes halogenated alkanes) is 2. The van der Waals surface area contributed by atoms with E-state index in [1.54, 1.807) is 20.8 Å². The first-order valence-corrected chi connectivity index (χ1v) is 17.3. The third-order valence-electron chi connectivity index (χ3n) is 7.26.